The molecular weight excluding hydrogens is 432 g/mol. The van der Waals surface area contributed by atoms with Crippen LogP contribution in [0.3, 0.4) is 0 Å². The smallest absolute Gasteiger partial charge is 0.287 e. The second-order valence-corrected chi connectivity index (χ2v) is 8.13. The molecule has 1 aliphatic heterocycles. The number of carbonyl (C=O) groups excluding carboxylic acids is 1. The summed E-state index contributed by atoms with van der Waals surface area (Å²) in [6.45, 7) is 4.97. The highest BCUT2D eigenvalue weighted by Crippen LogP contribution is 2.25. The van der Waals surface area contributed by atoms with Crippen LogP contribution in [-0.4, -0.2) is 50.8 Å². The van der Waals surface area contributed by atoms with Gasteiger partial charge in [0.25, 0.3) is 5.91 Å². The molecule has 2 heterocycles. The fourth-order valence-corrected chi connectivity index (χ4v) is 4.00. The van der Waals surface area contributed by atoms with E-state index < -0.39 is 5.91 Å². The van der Waals surface area contributed by atoms with E-state index in [1.165, 1.54) is 6.07 Å². The predicted octanol–water partition coefficient (Wildman–Crippen LogP) is 3.57. The zero-order chi connectivity index (χ0) is 22.7. The van der Waals surface area contributed by atoms with E-state index in [4.69, 9.17) is 25.5 Å². The number of methoxy groups -OCH3 is 1. The number of amides is 1. The summed E-state index contributed by atoms with van der Waals surface area (Å²) in [6.07, 6.45) is 0. The lowest BCUT2D eigenvalue weighted by molar-refractivity contribution is 0.0161. The number of carbonyl (C=O) groups is 1. The Labute approximate surface area is 190 Å². The van der Waals surface area contributed by atoms with Gasteiger partial charge in [0, 0.05) is 30.7 Å². The summed E-state index contributed by atoms with van der Waals surface area (Å²) in [5.41, 5.74) is 1.85. The molecule has 1 aromatic heterocycles. The summed E-state index contributed by atoms with van der Waals surface area (Å²) < 4.78 is 16.5. The van der Waals surface area contributed by atoms with Crippen LogP contribution >= 0.6 is 11.6 Å². The molecule has 0 spiro atoms. The summed E-state index contributed by atoms with van der Waals surface area (Å²) in [4.78, 5) is 27.7. The minimum atomic E-state index is -0.441. The van der Waals surface area contributed by atoms with Crippen molar-refractivity contribution in [2.24, 2.45) is 0 Å². The summed E-state index contributed by atoms with van der Waals surface area (Å²) in [5.74, 6) is 0.301. The van der Waals surface area contributed by atoms with Crippen molar-refractivity contribution >= 4 is 28.5 Å². The van der Waals surface area contributed by atoms with Crippen LogP contribution in [0.2, 0.25) is 5.02 Å². The van der Waals surface area contributed by atoms with Gasteiger partial charge < -0.3 is 19.2 Å². The SMILES string of the molecule is COc1ccc([C@H](CNC(=O)c2cc(=O)c3cc(Cl)c(C)cc3o2)N2CCOCC2)cc1. The van der Waals surface area contributed by atoms with Crippen LogP contribution in [0.1, 0.15) is 27.7 Å². The maximum Gasteiger partial charge on any atom is 0.287 e. The molecule has 32 heavy (non-hydrogen) atoms. The van der Waals surface area contributed by atoms with E-state index in [1.807, 2.05) is 31.2 Å². The summed E-state index contributed by atoms with van der Waals surface area (Å²) >= 11 is 6.12. The van der Waals surface area contributed by atoms with Crippen molar-refractivity contribution in [1.29, 1.82) is 0 Å². The van der Waals surface area contributed by atoms with Crippen LogP contribution in [0.5, 0.6) is 5.75 Å². The number of hydrogen-bond donors (Lipinski definition) is 1. The molecule has 1 fully saturated rings. The average Bonchev–Trinajstić information content (AvgIpc) is 2.81. The molecule has 1 aliphatic rings. The lowest BCUT2D eigenvalue weighted by Gasteiger charge is -2.35. The largest absolute Gasteiger partial charge is 0.497 e. The van der Waals surface area contributed by atoms with E-state index in [0.29, 0.717) is 35.8 Å². The highest BCUT2D eigenvalue weighted by Gasteiger charge is 2.24. The van der Waals surface area contributed by atoms with Crippen LogP contribution in [0, 0.1) is 6.92 Å². The van der Waals surface area contributed by atoms with Gasteiger partial charge in [0.15, 0.2) is 11.2 Å². The van der Waals surface area contributed by atoms with Crippen molar-refractivity contribution in [3.05, 3.63) is 74.6 Å². The Hall–Kier alpha value is -2.87. The molecule has 168 valence electrons. The molecule has 8 heteroatoms. The van der Waals surface area contributed by atoms with Gasteiger partial charge in [-0.05, 0) is 42.3 Å². The number of nitrogens with zero attached hydrogens (tertiary/aromatic N) is 1. The molecule has 1 amide bonds. The van der Waals surface area contributed by atoms with E-state index in [1.54, 1.807) is 19.2 Å². The van der Waals surface area contributed by atoms with E-state index in [-0.39, 0.29) is 17.2 Å². The maximum atomic E-state index is 12.9. The number of aryl methyl sites for hydroxylation is 1. The molecule has 1 saturated heterocycles. The van der Waals surface area contributed by atoms with Crippen molar-refractivity contribution < 1.29 is 18.7 Å². The van der Waals surface area contributed by atoms with Gasteiger partial charge in [-0.1, -0.05) is 23.7 Å². The van der Waals surface area contributed by atoms with E-state index in [2.05, 4.69) is 10.2 Å². The molecule has 1 N–H and O–H groups in total. The molecule has 0 saturated carbocycles. The number of hydrogen-bond acceptors (Lipinski definition) is 6. The third kappa shape index (κ3) is 4.80. The predicted molar refractivity (Wildman–Crippen MR) is 123 cm³/mol. The van der Waals surface area contributed by atoms with Crippen LogP contribution in [0.4, 0.5) is 0 Å². The van der Waals surface area contributed by atoms with Crippen molar-refractivity contribution in [1.82, 2.24) is 10.2 Å². The first kappa shape index (κ1) is 22.3. The standard InChI is InChI=1S/C24H25ClN2O5/c1-15-11-22-18(12-19(15)25)21(28)13-23(32-22)24(29)26-14-20(27-7-9-31-10-8-27)16-3-5-17(30-2)6-4-16/h3-6,11-13,20H,7-10,14H2,1-2H3,(H,26,29)/t20-/m0/s1. The lowest BCUT2D eigenvalue weighted by Crippen LogP contribution is -2.43. The minimum Gasteiger partial charge on any atom is -0.497 e. The molecule has 7 nitrogen and oxygen atoms in total. The molecular formula is C24H25ClN2O5. The van der Waals surface area contributed by atoms with Crippen molar-refractivity contribution in [3.8, 4) is 5.75 Å². The van der Waals surface area contributed by atoms with Gasteiger partial charge in [-0.15, -0.1) is 0 Å². The quantitative estimate of drug-likeness (QED) is 0.610. The highest BCUT2D eigenvalue weighted by molar-refractivity contribution is 6.32. The third-order valence-corrected chi connectivity index (χ3v) is 6.08. The first-order valence-electron chi connectivity index (χ1n) is 10.4. The van der Waals surface area contributed by atoms with Crippen LogP contribution in [-0.2, 0) is 4.74 Å². The normalized spacial score (nSPS) is 15.5. The van der Waals surface area contributed by atoms with Gasteiger partial charge in [-0.3, -0.25) is 14.5 Å². The number of rotatable bonds is 6. The van der Waals surface area contributed by atoms with Gasteiger partial charge in [0.05, 0.1) is 31.8 Å². The van der Waals surface area contributed by atoms with Gasteiger partial charge in [-0.2, -0.15) is 0 Å². The zero-order valence-corrected chi connectivity index (χ0v) is 18.8. The monoisotopic (exact) mass is 456 g/mol. The zero-order valence-electron chi connectivity index (χ0n) is 18.0. The number of ether oxygens (including phenoxy) is 2. The number of benzene rings is 2. The van der Waals surface area contributed by atoms with E-state index in [9.17, 15) is 9.59 Å². The van der Waals surface area contributed by atoms with Gasteiger partial charge in [0.1, 0.15) is 11.3 Å². The Morgan fingerprint density at radius 2 is 1.91 bits per heavy atom. The molecule has 0 aliphatic carbocycles. The Kier molecular flexibility index (Phi) is 6.79. The first-order chi connectivity index (χ1) is 15.5. The number of fused-ring (bicyclic) bond motifs is 1. The van der Waals surface area contributed by atoms with Crippen LogP contribution < -0.4 is 15.5 Å². The number of morpholine rings is 1. The fourth-order valence-electron chi connectivity index (χ4n) is 3.84. The van der Waals surface area contributed by atoms with Crippen molar-refractivity contribution in [2.45, 2.75) is 13.0 Å². The molecule has 0 bridgehead atoms. The molecule has 2 aromatic carbocycles. The third-order valence-electron chi connectivity index (χ3n) is 5.68. The topological polar surface area (TPSA) is 81.0 Å². The Morgan fingerprint density at radius 1 is 1.19 bits per heavy atom. The molecule has 0 unspecified atom stereocenters. The molecule has 3 aromatic rings. The van der Waals surface area contributed by atoms with Gasteiger partial charge in [-0.25, -0.2) is 0 Å². The molecule has 1 atom stereocenters. The number of halogens is 1. The van der Waals surface area contributed by atoms with Gasteiger partial charge in [0.2, 0.25) is 0 Å². The summed E-state index contributed by atoms with van der Waals surface area (Å²) in [6, 6.07) is 12.2. The van der Waals surface area contributed by atoms with Crippen LogP contribution in [0.25, 0.3) is 11.0 Å². The average molecular weight is 457 g/mol. The Bertz CT molecular complexity index is 1170. The number of nitrogens with one attached hydrogen (secondary N) is 1. The minimum absolute atomic E-state index is 0.0281. The summed E-state index contributed by atoms with van der Waals surface area (Å²) in [7, 11) is 1.63. The van der Waals surface area contributed by atoms with Gasteiger partial charge >= 0.3 is 0 Å². The second-order valence-electron chi connectivity index (χ2n) is 7.72. The highest BCUT2D eigenvalue weighted by atomic mass is 35.5. The van der Waals surface area contributed by atoms with E-state index >= 15 is 0 Å². The Morgan fingerprint density at radius 3 is 2.59 bits per heavy atom. The first-order valence-corrected chi connectivity index (χ1v) is 10.8. The lowest BCUT2D eigenvalue weighted by atomic mass is 10.0. The summed E-state index contributed by atoms with van der Waals surface area (Å²) in [5, 5.41) is 3.76. The Balaban J connectivity index is 1.56. The molecule has 4 rings (SSSR count). The second kappa shape index (κ2) is 9.73. The fraction of sp³-hybridized carbons (Fsp3) is 0.333. The maximum absolute atomic E-state index is 12.9. The van der Waals surface area contributed by atoms with Crippen LogP contribution in [0.15, 0.2) is 51.7 Å². The molecule has 0 radical (unpaired) electrons. The van der Waals surface area contributed by atoms with E-state index in [0.717, 1.165) is 30.0 Å². The van der Waals surface area contributed by atoms with Crippen molar-refractivity contribution in [2.75, 3.05) is 40.0 Å². The van der Waals surface area contributed by atoms with Crippen molar-refractivity contribution in [3.63, 3.8) is 0 Å².